The Bertz CT molecular complexity index is 616. The summed E-state index contributed by atoms with van der Waals surface area (Å²) in [5.41, 5.74) is 2.39. The van der Waals surface area contributed by atoms with Gasteiger partial charge in [-0.25, -0.2) is 4.79 Å². The van der Waals surface area contributed by atoms with Gasteiger partial charge in [0.05, 0.1) is 20.3 Å². The third-order valence-corrected chi connectivity index (χ3v) is 4.35. The lowest BCUT2D eigenvalue weighted by atomic mass is 9.91. The van der Waals surface area contributed by atoms with E-state index in [1.54, 1.807) is 14.2 Å². The number of ether oxygens (including phenoxy) is 2. The van der Waals surface area contributed by atoms with Crippen molar-refractivity contribution >= 4 is 6.03 Å². The zero-order valence-electron chi connectivity index (χ0n) is 15.6. The summed E-state index contributed by atoms with van der Waals surface area (Å²) >= 11 is 0. The summed E-state index contributed by atoms with van der Waals surface area (Å²) < 4.78 is 10.9. The van der Waals surface area contributed by atoms with E-state index in [1.165, 1.54) is 5.56 Å². The van der Waals surface area contributed by atoms with E-state index < -0.39 is 0 Å². The molecule has 138 valence electrons. The molecule has 0 unspecified atom stereocenters. The summed E-state index contributed by atoms with van der Waals surface area (Å²) in [6.07, 6.45) is 2.82. The number of hydrogen-bond acceptors (Lipinski definition) is 4. The smallest absolute Gasteiger partial charge is 0.315 e. The molecule has 0 fully saturated rings. The van der Waals surface area contributed by atoms with Crippen LogP contribution in [0, 0.1) is 0 Å². The first-order valence-electron chi connectivity index (χ1n) is 8.64. The van der Waals surface area contributed by atoms with Gasteiger partial charge in [-0.1, -0.05) is 6.08 Å². The van der Waals surface area contributed by atoms with Crippen LogP contribution in [0.4, 0.5) is 4.79 Å². The number of rotatable bonds is 7. The van der Waals surface area contributed by atoms with Crippen LogP contribution in [0.5, 0.6) is 11.5 Å². The number of carbonyl (C=O) groups is 1. The van der Waals surface area contributed by atoms with E-state index in [-0.39, 0.29) is 18.1 Å². The summed E-state index contributed by atoms with van der Waals surface area (Å²) in [6, 6.07) is 4.09. The Morgan fingerprint density at radius 3 is 2.64 bits per heavy atom. The van der Waals surface area contributed by atoms with E-state index in [2.05, 4.69) is 22.1 Å². The van der Waals surface area contributed by atoms with Crippen molar-refractivity contribution in [3.63, 3.8) is 0 Å². The number of fused-ring (bicyclic) bond motifs is 1. The molecule has 2 amide bonds. The molecule has 0 aromatic heterocycles. The highest BCUT2D eigenvalue weighted by Crippen LogP contribution is 2.37. The molecule has 1 atom stereocenters. The van der Waals surface area contributed by atoms with Crippen LogP contribution in [-0.2, 0) is 6.42 Å². The molecule has 0 saturated heterocycles. The minimum atomic E-state index is -0.152. The molecule has 0 radical (unpaired) electrons. The fraction of sp³-hybridized carbons (Fsp3) is 0.526. The third-order valence-electron chi connectivity index (χ3n) is 4.35. The highest BCUT2D eigenvalue weighted by molar-refractivity contribution is 5.74. The first kappa shape index (κ1) is 19.1. The molecule has 0 aliphatic carbocycles. The van der Waals surface area contributed by atoms with Crippen molar-refractivity contribution in [2.45, 2.75) is 32.4 Å². The van der Waals surface area contributed by atoms with Crippen LogP contribution in [-0.4, -0.2) is 50.8 Å². The van der Waals surface area contributed by atoms with E-state index in [0.717, 1.165) is 30.8 Å². The SMILES string of the molecule is C=CCN1CCc2cc(OC)c(OC)cc2[C@H]1CNC(=O)NC(C)C. The first-order valence-corrected chi connectivity index (χ1v) is 8.64. The third kappa shape index (κ3) is 4.66. The van der Waals surface area contributed by atoms with Gasteiger partial charge in [-0.15, -0.1) is 6.58 Å². The normalized spacial score (nSPS) is 16.9. The molecule has 1 heterocycles. The summed E-state index contributed by atoms with van der Waals surface area (Å²) in [7, 11) is 3.28. The van der Waals surface area contributed by atoms with Gasteiger partial charge in [0, 0.05) is 25.7 Å². The Morgan fingerprint density at radius 1 is 1.36 bits per heavy atom. The van der Waals surface area contributed by atoms with Crippen LogP contribution in [0.2, 0.25) is 0 Å². The second-order valence-corrected chi connectivity index (χ2v) is 6.46. The van der Waals surface area contributed by atoms with Crippen molar-refractivity contribution in [2.24, 2.45) is 0 Å². The molecule has 0 saturated carbocycles. The number of hydrogen-bond donors (Lipinski definition) is 2. The van der Waals surface area contributed by atoms with Crippen molar-refractivity contribution < 1.29 is 14.3 Å². The first-order chi connectivity index (χ1) is 12.0. The van der Waals surface area contributed by atoms with Crippen molar-refractivity contribution in [1.29, 1.82) is 0 Å². The fourth-order valence-corrected chi connectivity index (χ4v) is 3.21. The van der Waals surface area contributed by atoms with E-state index in [9.17, 15) is 4.79 Å². The predicted molar refractivity (Wildman–Crippen MR) is 99.4 cm³/mol. The largest absolute Gasteiger partial charge is 0.493 e. The number of nitrogens with one attached hydrogen (secondary N) is 2. The van der Waals surface area contributed by atoms with Gasteiger partial charge in [0.1, 0.15) is 0 Å². The maximum atomic E-state index is 12.0. The van der Waals surface area contributed by atoms with Gasteiger partial charge >= 0.3 is 6.03 Å². The number of carbonyl (C=O) groups excluding carboxylic acids is 1. The van der Waals surface area contributed by atoms with E-state index in [0.29, 0.717) is 12.3 Å². The number of urea groups is 1. The highest BCUT2D eigenvalue weighted by Gasteiger charge is 2.28. The highest BCUT2D eigenvalue weighted by atomic mass is 16.5. The van der Waals surface area contributed by atoms with Crippen molar-refractivity contribution in [3.05, 3.63) is 35.9 Å². The molecule has 6 nitrogen and oxygen atoms in total. The van der Waals surface area contributed by atoms with Gasteiger partial charge in [-0.2, -0.15) is 0 Å². The Kier molecular flexibility index (Phi) is 6.70. The molecule has 0 bridgehead atoms. The van der Waals surface area contributed by atoms with Gasteiger partial charge < -0.3 is 20.1 Å². The average molecular weight is 347 g/mol. The molecular formula is C19H29N3O3. The lowest BCUT2D eigenvalue weighted by molar-refractivity contribution is 0.195. The Hall–Kier alpha value is -2.21. The van der Waals surface area contributed by atoms with E-state index in [4.69, 9.17) is 9.47 Å². The molecule has 25 heavy (non-hydrogen) atoms. The molecule has 1 aromatic carbocycles. The standard InChI is InChI=1S/C19H29N3O3/c1-6-8-22-9-7-14-10-17(24-4)18(25-5)11-15(14)16(22)12-20-19(23)21-13(2)3/h6,10-11,13,16H,1,7-9,12H2,2-5H3,(H2,20,21,23)/t16-/m1/s1. The Labute approximate surface area is 150 Å². The van der Waals surface area contributed by atoms with Crippen molar-refractivity contribution in [2.75, 3.05) is 33.9 Å². The van der Waals surface area contributed by atoms with Gasteiger partial charge in [0.15, 0.2) is 11.5 Å². The minimum Gasteiger partial charge on any atom is -0.493 e. The number of benzene rings is 1. The summed E-state index contributed by atoms with van der Waals surface area (Å²) in [5, 5.41) is 5.84. The molecule has 1 aromatic rings. The van der Waals surface area contributed by atoms with Crippen LogP contribution >= 0.6 is 0 Å². The summed E-state index contributed by atoms with van der Waals surface area (Å²) in [4.78, 5) is 14.3. The topological polar surface area (TPSA) is 62.8 Å². The zero-order valence-corrected chi connectivity index (χ0v) is 15.6. The monoisotopic (exact) mass is 347 g/mol. The minimum absolute atomic E-state index is 0.0690. The summed E-state index contributed by atoms with van der Waals surface area (Å²) in [6.45, 7) is 9.94. The average Bonchev–Trinajstić information content (AvgIpc) is 2.59. The van der Waals surface area contributed by atoms with Crippen LogP contribution < -0.4 is 20.1 Å². The number of nitrogens with zero attached hydrogens (tertiary/aromatic N) is 1. The van der Waals surface area contributed by atoms with Gasteiger partial charge in [-0.05, 0) is 43.5 Å². The summed E-state index contributed by atoms with van der Waals surface area (Å²) in [5.74, 6) is 1.45. The Morgan fingerprint density at radius 2 is 2.04 bits per heavy atom. The molecule has 1 aliphatic heterocycles. The van der Waals surface area contributed by atoms with Gasteiger partial charge in [0.2, 0.25) is 0 Å². The maximum absolute atomic E-state index is 12.0. The van der Waals surface area contributed by atoms with Gasteiger partial charge in [-0.3, -0.25) is 4.90 Å². The van der Waals surface area contributed by atoms with E-state index >= 15 is 0 Å². The molecule has 0 spiro atoms. The van der Waals surface area contributed by atoms with Crippen LogP contribution in [0.1, 0.15) is 31.0 Å². The zero-order chi connectivity index (χ0) is 18.4. The van der Waals surface area contributed by atoms with Gasteiger partial charge in [0.25, 0.3) is 0 Å². The lowest BCUT2D eigenvalue weighted by Gasteiger charge is -2.37. The number of amides is 2. The second kappa shape index (κ2) is 8.76. The van der Waals surface area contributed by atoms with Crippen LogP contribution in [0.3, 0.4) is 0 Å². The van der Waals surface area contributed by atoms with Crippen LogP contribution in [0.25, 0.3) is 0 Å². The lowest BCUT2D eigenvalue weighted by Crippen LogP contribution is -2.46. The second-order valence-electron chi connectivity index (χ2n) is 6.46. The quantitative estimate of drug-likeness (QED) is 0.744. The predicted octanol–water partition coefficient (Wildman–Crippen LogP) is 2.50. The van der Waals surface area contributed by atoms with E-state index in [1.807, 2.05) is 32.1 Å². The molecular weight excluding hydrogens is 318 g/mol. The van der Waals surface area contributed by atoms with Crippen molar-refractivity contribution in [1.82, 2.24) is 15.5 Å². The Balaban J connectivity index is 2.27. The molecule has 2 N–H and O–H groups in total. The molecule has 6 heteroatoms. The fourth-order valence-electron chi connectivity index (χ4n) is 3.21. The molecule has 2 rings (SSSR count). The maximum Gasteiger partial charge on any atom is 0.315 e. The number of methoxy groups -OCH3 is 2. The molecule has 1 aliphatic rings. The van der Waals surface area contributed by atoms with Crippen molar-refractivity contribution in [3.8, 4) is 11.5 Å². The van der Waals surface area contributed by atoms with Crippen LogP contribution in [0.15, 0.2) is 24.8 Å².